The number of rotatable bonds is 5. The number of anilines is 2. The van der Waals surface area contributed by atoms with Crippen LogP contribution in [-0.4, -0.2) is 56.2 Å². The van der Waals surface area contributed by atoms with Crippen molar-refractivity contribution in [2.24, 2.45) is 5.92 Å². The molecule has 26 heavy (non-hydrogen) atoms. The lowest BCUT2D eigenvalue weighted by Gasteiger charge is -2.34. The van der Waals surface area contributed by atoms with Crippen LogP contribution in [0, 0.1) is 5.92 Å². The third kappa shape index (κ3) is 6.22. The molecule has 0 atom stereocenters. The molecule has 0 spiro atoms. The van der Waals surface area contributed by atoms with Crippen LogP contribution >= 0.6 is 12.2 Å². The van der Waals surface area contributed by atoms with Crippen LogP contribution in [-0.2, 0) is 14.8 Å². The highest BCUT2D eigenvalue weighted by atomic mass is 32.2. The van der Waals surface area contributed by atoms with Crippen molar-refractivity contribution in [2.75, 3.05) is 42.7 Å². The smallest absolute Gasteiger partial charge is 0.226 e. The number of nitrogens with one attached hydrogen (secondary N) is 2. The minimum Gasteiger partial charge on any atom is -0.369 e. The van der Waals surface area contributed by atoms with E-state index in [0.717, 1.165) is 11.4 Å². The summed E-state index contributed by atoms with van der Waals surface area (Å²) in [5.41, 5.74) is 1.82. The number of nitrogens with zero attached hydrogens (tertiary/aromatic N) is 2. The van der Waals surface area contributed by atoms with Gasteiger partial charge in [-0.25, -0.2) is 8.42 Å². The molecule has 0 radical (unpaired) electrons. The van der Waals surface area contributed by atoms with Crippen molar-refractivity contribution in [1.29, 1.82) is 0 Å². The number of carbonyl (C=O) groups is 1. The molecule has 1 heterocycles. The molecule has 1 aliphatic rings. The van der Waals surface area contributed by atoms with E-state index >= 15 is 0 Å². The molecular weight excluding hydrogens is 372 g/mol. The van der Waals surface area contributed by atoms with Gasteiger partial charge in [0.25, 0.3) is 0 Å². The van der Waals surface area contributed by atoms with Gasteiger partial charge in [-0.1, -0.05) is 13.8 Å². The minimum absolute atomic E-state index is 0.0992. The van der Waals surface area contributed by atoms with Gasteiger partial charge in [-0.15, -0.1) is 0 Å². The first-order valence-electron chi connectivity index (χ1n) is 8.56. The molecular formula is C17H26N4O3S2. The van der Waals surface area contributed by atoms with Gasteiger partial charge in [0.15, 0.2) is 5.11 Å². The molecule has 0 bridgehead atoms. The van der Waals surface area contributed by atoms with Crippen LogP contribution in [0.2, 0.25) is 0 Å². The van der Waals surface area contributed by atoms with Crippen LogP contribution in [0.4, 0.5) is 11.4 Å². The largest absolute Gasteiger partial charge is 0.369 e. The third-order valence-electron chi connectivity index (χ3n) is 4.04. The van der Waals surface area contributed by atoms with Crippen molar-refractivity contribution in [1.82, 2.24) is 9.62 Å². The van der Waals surface area contributed by atoms with Crippen LogP contribution < -0.4 is 15.5 Å². The number of benzene rings is 1. The fraction of sp³-hybridized carbons (Fsp3) is 0.529. The Hall–Kier alpha value is -1.71. The number of sulfonamides is 1. The third-order valence-corrected chi connectivity index (χ3v) is 5.55. The van der Waals surface area contributed by atoms with Crippen LogP contribution in [0.5, 0.6) is 0 Å². The van der Waals surface area contributed by atoms with Gasteiger partial charge >= 0.3 is 0 Å². The molecule has 7 nitrogen and oxygen atoms in total. The maximum atomic E-state index is 11.7. The van der Waals surface area contributed by atoms with E-state index in [1.165, 1.54) is 10.6 Å². The summed E-state index contributed by atoms with van der Waals surface area (Å²) in [5, 5.41) is 5.94. The molecule has 9 heteroatoms. The molecule has 1 fully saturated rings. The molecule has 2 rings (SSSR count). The van der Waals surface area contributed by atoms with Crippen LogP contribution in [0.15, 0.2) is 24.3 Å². The molecule has 1 aromatic carbocycles. The summed E-state index contributed by atoms with van der Waals surface area (Å²) >= 11 is 5.16. The number of hydrogen-bond acceptors (Lipinski definition) is 5. The molecule has 0 unspecified atom stereocenters. The number of amides is 1. The fourth-order valence-electron chi connectivity index (χ4n) is 2.74. The summed E-state index contributed by atoms with van der Waals surface area (Å²) in [4.78, 5) is 13.9. The van der Waals surface area contributed by atoms with Gasteiger partial charge < -0.3 is 15.5 Å². The van der Waals surface area contributed by atoms with E-state index in [2.05, 4.69) is 15.5 Å². The Morgan fingerprint density at radius 3 is 2.23 bits per heavy atom. The van der Waals surface area contributed by atoms with E-state index in [1.807, 2.05) is 38.1 Å². The maximum Gasteiger partial charge on any atom is 0.226 e. The average molecular weight is 399 g/mol. The Balaban J connectivity index is 1.87. The fourth-order valence-corrected chi connectivity index (χ4v) is 3.80. The Bertz CT molecular complexity index is 740. The predicted molar refractivity (Wildman–Crippen MR) is 109 cm³/mol. The summed E-state index contributed by atoms with van der Waals surface area (Å²) < 4.78 is 24.6. The zero-order valence-electron chi connectivity index (χ0n) is 15.4. The maximum absolute atomic E-state index is 11.7. The monoisotopic (exact) mass is 398 g/mol. The predicted octanol–water partition coefficient (Wildman–Crippen LogP) is 1.63. The molecule has 144 valence electrons. The Labute approximate surface area is 160 Å². The molecule has 1 amide bonds. The van der Waals surface area contributed by atoms with Gasteiger partial charge in [0.2, 0.25) is 15.9 Å². The summed E-state index contributed by atoms with van der Waals surface area (Å²) in [7, 11) is -3.12. The van der Waals surface area contributed by atoms with E-state index in [1.54, 1.807) is 0 Å². The van der Waals surface area contributed by atoms with Crippen molar-refractivity contribution in [3.8, 4) is 0 Å². The SMILES string of the molecule is CC(C)CC(=O)NC(=S)Nc1ccc(N2CCN(S(C)(=O)=O)CC2)cc1. The first-order chi connectivity index (χ1) is 12.1. The van der Waals surface area contributed by atoms with Gasteiger partial charge in [-0.05, 0) is 42.4 Å². The second-order valence-corrected chi connectivity index (χ2v) is 9.19. The molecule has 1 saturated heterocycles. The Morgan fingerprint density at radius 2 is 1.73 bits per heavy atom. The number of piperazine rings is 1. The van der Waals surface area contributed by atoms with Gasteiger partial charge in [-0.3, -0.25) is 4.79 Å². The highest BCUT2D eigenvalue weighted by molar-refractivity contribution is 7.88. The Kier molecular flexibility index (Phi) is 6.96. The lowest BCUT2D eigenvalue weighted by atomic mass is 10.1. The molecule has 2 N–H and O–H groups in total. The zero-order valence-corrected chi connectivity index (χ0v) is 17.0. The standard InChI is InChI=1S/C17H26N4O3S2/c1-13(2)12-16(22)19-17(25)18-14-4-6-15(7-5-14)20-8-10-21(11-9-20)26(3,23)24/h4-7,13H,8-12H2,1-3H3,(H2,18,19,22,25). The zero-order chi connectivity index (χ0) is 19.3. The second kappa shape index (κ2) is 8.79. The van der Waals surface area contributed by atoms with Crippen molar-refractivity contribution >= 4 is 44.6 Å². The van der Waals surface area contributed by atoms with Crippen LogP contribution in [0.25, 0.3) is 0 Å². The van der Waals surface area contributed by atoms with E-state index in [-0.39, 0.29) is 16.9 Å². The van der Waals surface area contributed by atoms with E-state index in [9.17, 15) is 13.2 Å². The molecule has 1 aliphatic heterocycles. The van der Waals surface area contributed by atoms with Gasteiger partial charge in [-0.2, -0.15) is 4.31 Å². The van der Waals surface area contributed by atoms with Crippen molar-refractivity contribution in [2.45, 2.75) is 20.3 Å². The first-order valence-corrected chi connectivity index (χ1v) is 10.8. The molecule has 0 aliphatic carbocycles. The van der Waals surface area contributed by atoms with Crippen molar-refractivity contribution in [3.05, 3.63) is 24.3 Å². The van der Waals surface area contributed by atoms with E-state index in [0.29, 0.717) is 32.6 Å². The lowest BCUT2D eigenvalue weighted by molar-refractivity contribution is -0.120. The molecule has 0 saturated carbocycles. The topological polar surface area (TPSA) is 81.8 Å². The first kappa shape index (κ1) is 20.6. The summed E-state index contributed by atoms with van der Waals surface area (Å²) in [5.74, 6) is 0.179. The highest BCUT2D eigenvalue weighted by Gasteiger charge is 2.23. The number of hydrogen-bond donors (Lipinski definition) is 2. The van der Waals surface area contributed by atoms with Gasteiger partial charge in [0.1, 0.15) is 0 Å². The van der Waals surface area contributed by atoms with Crippen molar-refractivity contribution < 1.29 is 13.2 Å². The van der Waals surface area contributed by atoms with Crippen molar-refractivity contribution in [3.63, 3.8) is 0 Å². The van der Waals surface area contributed by atoms with Crippen LogP contribution in [0.1, 0.15) is 20.3 Å². The lowest BCUT2D eigenvalue weighted by Crippen LogP contribution is -2.48. The number of carbonyl (C=O) groups excluding carboxylic acids is 1. The summed E-state index contributed by atoms with van der Waals surface area (Å²) in [6.45, 7) is 6.25. The number of thiocarbonyl (C=S) groups is 1. The van der Waals surface area contributed by atoms with Gasteiger partial charge in [0, 0.05) is 44.0 Å². The second-order valence-electron chi connectivity index (χ2n) is 6.80. The quantitative estimate of drug-likeness (QED) is 0.734. The average Bonchev–Trinajstić information content (AvgIpc) is 2.54. The minimum atomic E-state index is -3.12. The molecule has 0 aromatic heterocycles. The van der Waals surface area contributed by atoms with Gasteiger partial charge in [0.05, 0.1) is 6.26 Å². The van der Waals surface area contributed by atoms with Crippen LogP contribution in [0.3, 0.4) is 0 Å². The summed E-state index contributed by atoms with van der Waals surface area (Å²) in [6.07, 6.45) is 1.67. The summed E-state index contributed by atoms with van der Waals surface area (Å²) in [6, 6.07) is 7.69. The highest BCUT2D eigenvalue weighted by Crippen LogP contribution is 2.20. The Morgan fingerprint density at radius 1 is 1.15 bits per heavy atom. The van der Waals surface area contributed by atoms with E-state index < -0.39 is 10.0 Å². The van der Waals surface area contributed by atoms with E-state index in [4.69, 9.17) is 12.2 Å². The normalized spacial score (nSPS) is 15.8. The molecule has 1 aromatic rings.